The highest BCUT2D eigenvalue weighted by molar-refractivity contribution is 6.31. The smallest absolute Gasteiger partial charge is 0.338 e. The molecule has 3 amide bonds. The minimum absolute atomic E-state index is 0.184. The van der Waals surface area contributed by atoms with Crippen molar-refractivity contribution in [2.24, 2.45) is 0 Å². The number of esters is 1. The topological polar surface area (TPSA) is 92.8 Å². The molecule has 1 heterocycles. The van der Waals surface area contributed by atoms with Crippen molar-refractivity contribution in [1.82, 2.24) is 5.32 Å². The molecule has 1 saturated heterocycles. The first-order chi connectivity index (χ1) is 13.9. The average Bonchev–Trinajstić information content (AvgIpc) is 3.05. The first kappa shape index (κ1) is 20.5. The largest absolute Gasteiger partial charge is 0.449 e. The molecule has 150 valence electrons. The van der Waals surface area contributed by atoms with Crippen molar-refractivity contribution in [1.29, 1.82) is 0 Å². The van der Waals surface area contributed by atoms with Gasteiger partial charge in [-0.25, -0.2) is 4.79 Å². The Bertz CT molecular complexity index is 942. The monoisotopic (exact) mass is 414 g/mol. The van der Waals surface area contributed by atoms with Crippen LogP contribution in [0.1, 0.15) is 35.7 Å². The molecule has 0 unspecified atom stereocenters. The van der Waals surface area contributed by atoms with Crippen LogP contribution in [0.4, 0.5) is 5.69 Å². The summed E-state index contributed by atoms with van der Waals surface area (Å²) in [6, 6.07) is 13.0. The summed E-state index contributed by atoms with van der Waals surface area (Å²) in [6.07, 6.45) is -0.640. The lowest BCUT2D eigenvalue weighted by molar-refractivity contribution is -0.129. The summed E-state index contributed by atoms with van der Waals surface area (Å²) in [5, 5.41) is 3.20. The van der Waals surface area contributed by atoms with Gasteiger partial charge in [0.15, 0.2) is 6.10 Å². The molecule has 0 aliphatic carbocycles. The fourth-order valence-corrected chi connectivity index (χ4v) is 3.06. The number of amides is 3. The number of carbonyl (C=O) groups excluding carboxylic acids is 4. The molecular weight excluding hydrogens is 396 g/mol. The van der Waals surface area contributed by atoms with Gasteiger partial charge in [0.2, 0.25) is 11.8 Å². The molecule has 8 heteroatoms. The molecule has 29 heavy (non-hydrogen) atoms. The molecular formula is C21H19ClN2O5. The van der Waals surface area contributed by atoms with E-state index < -0.39 is 18.0 Å². The number of rotatable bonds is 6. The Labute approximate surface area is 172 Å². The summed E-state index contributed by atoms with van der Waals surface area (Å²) >= 11 is 6.05. The van der Waals surface area contributed by atoms with Crippen LogP contribution in [0.25, 0.3) is 0 Å². The van der Waals surface area contributed by atoms with Gasteiger partial charge in [0.1, 0.15) is 0 Å². The van der Waals surface area contributed by atoms with Gasteiger partial charge in [-0.2, -0.15) is 0 Å². The van der Waals surface area contributed by atoms with E-state index in [2.05, 4.69) is 5.32 Å². The van der Waals surface area contributed by atoms with E-state index in [0.717, 1.165) is 10.5 Å². The fourth-order valence-electron chi connectivity index (χ4n) is 2.86. The molecule has 0 aromatic heterocycles. The number of halogens is 1. The molecule has 0 radical (unpaired) electrons. The fraction of sp³-hybridized carbons (Fsp3) is 0.238. The SMILES string of the molecule is C[C@H](OC(=O)c1ccc(N2C(=O)CCC2=O)cc1)C(=O)NCc1ccccc1Cl. The molecule has 2 aromatic rings. The lowest BCUT2D eigenvalue weighted by Crippen LogP contribution is -2.35. The van der Waals surface area contributed by atoms with Gasteiger partial charge in [-0.15, -0.1) is 0 Å². The van der Waals surface area contributed by atoms with Crippen molar-refractivity contribution in [2.45, 2.75) is 32.4 Å². The Kier molecular flexibility index (Phi) is 6.29. The number of imide groups is 1. The maximum atomic E-state index is 12.3. The number of carbonyl (C=O) groups is 4. The molecule has 7 nitrogen and oxygen atoms in total. The predicted molar refractivity (Wildman–Crippen MR) is 106 cm³/mol. The quantitative estimate of drug-likeness (QED) is 0.579. The molecule has 1 atom stereocenters. The van der Waals surface area contributed by atoms with Crippen LogP contribution >= 0.6 is 11.6 Å². The van der Waals surface area contributed by atoms with Crippen LogP contribution in [-0.4, -0.2) is 29.8 Å². The van der Waals surface area contributed by atoms with E-state index in [9.17, 15) is 19.2 Å². The molecule has 1 N–H and O–H groups in total. The van der Waals surface area contributed by atoms with Crippen molar-refractivity contribution in [2.75, 3.05) is 4.90 Å². The summed E-state index contributed by atoms with van der Waals surface area (Å²) in [6.45, 7) is 1.68. The number of nitrogens with zero attached hydrogens (tertiary/aromatic N) is 1. The van der Waals surface area contributed by atoms with E-state index >= 15 is 0 Å². The first-order valence-corrected chi connectivity index (χ1v) is 9.42. The van der Waals surface area contributed by atoms with Crippen LogP contribution in [0, 0.1) is 0 Å². The Hall–Kier alpha value is -3.19. The Morgan fingerprint density at radius 1 is 1.07 bits per heavy atom. The number of hydrogen-bond acceptors (Lipinski definition) is 5. The van der Waals surface area contributed by atoms with Crippen molar-refractivity contribution < 1.29 is 23.9 Å². The van der Waals surface area contributed by atoms with Crippen LogP contribution in [0.5, 0.6) is 0 Å². The normalized spacial score (nSPS) is 14.6. The lowest BCUT2D eigenvalue weighted by Gasteiger charge is -2.15. The maximum absolute atomic E-state index is 12.3. The molecule has 0 bridgehead atoms. The van der Waals surface area contributed by atoms with Gasteiger partial charge in [0, 0.05) is 24.4 Å². The van der Waals surface area contributed by atoms with Gasteiger partial charge < -0.3 is 10.1 Å². The van der Waals surface area contributed by atoms with Crippen molar-refractivity contribution in [3.05, 3.63) is 64.7 Å². The van der Waals surface area contributed by atoms with E-state index in [-0.39, 0.29) is 36.8 Å². The Morgan fingerprint density at radius 3 is 2.31 bits per heavy atom. The van der Waals surface area contributed by atoms with Gasteiger partial charge in [0.25, 0.3) is 5.91 Å². The molecule has 1 fully saturated rings. The zero-order chi connectivity index (χ0) is 21.0. The second kappa shape index (κ2) is 8.87. The number of ether oxygens (including phenoxy) is 1. The molecule has 2 aromatic carbocycles. The van der Waals surface area contributed by atoms with Crippen LogP contribution in [0.2, 0.25) is 5.02 Å². The third-order valence-electron chi connectivity index (χ3n) is 4.48. The highest BCUT2D eigenvalue weighted by Gasteiger charge is 2.30. The lowest BCUT2D eigenvalue weighted by atomic mass is 10.2. The van der Waals surface area contributed by atoms with E-state index in [1.54, 1.807) is 18.2 Å². The maximum Gasteiger partial charge on any atom is 0.338 e. The summed E-state index contributed by atoms with van der Waals surface area (Å²) in [4.78, 5) is 49.1. The van der Waals surface area contributed by atoms with E-state index in [4.69, 9.17) is 16.3 Å². The van der Waals surface area contributed by atoms with Crippen molar-refractivity contribution >= 4 is 41.0 Å². The number of anilines is 1. The zero-order valence-corrected chi connectivity index (χ0v) is 16.4. The number of nitrogens with one attached hydrogen (secondary N) is 1. The average molecular weight is 415 g/mol. The molecule has 1 aliphatic heterocycles. The standard InChI is InChI=1S/C21H19ClN2O5/c1-13(20(27)23-12-15-4-2-3-5-17(15)22)29-21(28)14-6-8-16(9-7-14)24-18(25)10-11-19(24)26/h2-9,13H,10-12H2,1H3,(H,23,27)/t13-/m0/s1. The van der Waals surface area contributed by atoms with Crippen LogP contribution in [0.3, 0.4) is 0 Å². The predicted octanol–water partition coefficient (Wildman–Crippen LogP) is 2.86. The summed E-state index contributed by atoms with van der Waals surface area (Å²) in [7, 11) is 0. The van der Waals surface area contributed by atoms with Gasteiger partial charge in [-0.1, -0.05) is 29.8 Å². The van der Waals surface area contributed by atoms with E-state index in [0.29, 0.717) is 10.7 Å². The van der Waals surface area contributed by atoms with Gasteiger partial charge in [-0.05, 0) is 42.8 Å². The molecule has 0 saturated carbocycles. The van der Waals surface area contributed by atoms with E-state index in [1.165, 1.54) is 31.2 Å². The molecule has 3 rings (SSSR count). The third-order valence-corrected chi connectivity index (χ3v) is 4.85. The second-order valence-corrected chi connectivity index (χ2v) is 6.93. The second-order valence-electron chi connectivity index (χ2n) is 6.53. The highest BCUT2D eigenvalue weighted by Crippen LogP contribution is 2.23. The molecule has 0 spiro atoms. The summed E-state index contributed by atoms with van der Waals surface area (Å²) < 4.78 is 5.19. The Morgan fingerprint density at radius 2 is 1.69 bits per heavy atom. The summed E-state index contributed by atoms with van der Waals surface area (Å²) in [5.41, 5.74) is 1.36. The van der Waals surface area contributed by atoms with Gasteiger partial charge in [-0.3, -0.25) is 19.3 Å². The minimum Gasteiger partial charge on any atom is -0.449 e. The third kappa shape index (κ3) is 4.81. The summed E-state index contributed by atoms with van der Waals surface area (Å²) in [5.74, 6) is -1.68. The van der Waals surface area contributed by atoms with Crippen molar-refractivity contribution in [3.63, 3.8) is 0 Å². The van der Waals surface area contributed by atoms with Crippen LogP contribution in [0.15, 0.2) is 48.5 Å². The van der Waals surface area contributed by atoms with E-state index in [1.807, 2.05) is 6.07 Å². The number of benzene rings is 2. The number of hydrogen-bond donors (Lipinski definition) is 1. The van der Waals surface area contributed by atoms with Crippen molar-refractivity contribution in [3.8, 4) is 0 Å². The molecule has 1 aliphatic rings. The highest BCUT2D eigenvalue weighted by atomic mass is 35.5. The minimum atomic E-state index is -1.01. The van der Waals surface area contributed by atoms with Crippen LogP contribution in [-0.2, 0) is 25.7 Å². The van der Waals surface area contributed by atoms with Gasteiger partial charge in [0.05, 0.1) is 11.3 Å². The zero-order valence-electron chi connectivity index (χ0n) is 15.7. The first-order valence-electron chi connectivity index (χ1n) is 9.05. The van der Waals surface area contributed by atoms with Crippen LogP contribution < -0.4 is 10.2 Å². The van der Waals surface area contributed by atoms with Gasteiger partial charge >= 0.3 is 5.97 Å². The Balaban J connectivity index is 1.56.